The van der Waals surface area contributed by atoms with Gasteiger partial charge < -0.3 is 14.7 Å². The van der Waals surface area contributed by atoms with Gasteiger partial charge in [-0.1, -0.05) is 6.92 Å². The number of ketones is 2. The van der Waals surface area contributed by atoms with Crippen molar-refractivity contribution in [1.82, 2.24) is 0 Å². The second-order valence-corrected chi connectivity index (χ2v) is 2.48. The summed E-state index contributed by atoms with van der Waals surface area (Å²) in [4.78, 5) is 28.3. The van der Waals surface area contributed by atoms with Crippen molar-refractivity contribution in [2.75, 3.05) is 0 Å². The third kappa shape index (κ3) is 1280. The Labute approximate surface area is 78.9 Å². The molecule has 0 amide bonds. The first-order valence-corrected chi connectivity index (χ1v) is 3.90. The highest BCUT2D eigenvalue weighted by Gasteiger charge is 1.76. The minimum absolute atomic E-state index is 0.167. The monoisotopic (exact) mass is 190 g/mol. The Morgan fingerprint density at radius 2 is 1.08 bits per heavy atom. The normalized spacial score (nSPS) is 6.85. The standard InChI is InChI=1S/C4H8O.C3H6O.C2H4O2/c1-3-4(2)5;1-3(2)4;1-2(3)4/h3H2,1-2H3;1-2H3;1H3,(H,3,4). The maximum absolute atomic E-state index is 9.81. The van der Waals surface area contributed by atoms with Gasteiger partial charge in [0.15, 0.2) is 0 Å². The summed E-state index contributed by atoms with van der Waals surface area (Å²) in [5, 5.41) is 7.42. The smallest absolute Gasteiger partial charge is 0.300 e. The summed E-state index contributed by atoms with van der Waals surface area (Å²) >= 11 is 0. The third-order valence-electron chi connectivity index (χ3n) is 0.498. The van der Waals surface area contributed by atoms with Crippen LogP contribution in [0.5, 0.6) is 0 Å². The van der Waals surface area contributed by atoms with Gasteiger partial charge in [-0.15, -0.1) is 0 Å². The molecule has 0 rings (SSSR count). The Bertz CT molecular complexity index is 141. The van der Waals surface area contributed by atoms with E-state index in [-0.39, 0.29) is 11.6 Å². The molecule has 0 bridgehead atoms. The first kappa shape index (κ1) is 17.8. The molecule has 0 aromatic carbocycles. The summed E-state index contributed by atoms with van der Waals surface area (Å²) in [6.07, 6.45) is 0.667. The minimum Gasteiger partial charge on any atom is -0.481 e. The predicted molar refractivity (Wildman–Crippen MR) is 50.6 cm³/mol. The van der Waals surface area contributed by atoms with Crippen molar-refractivity contribution < 1.29 is 19.5 Å². The molecule has 4 heteroatoms. The van der Waals surface area contributed by atoms with Crippen LogP contribution in [-0.4, -0.2) is 22.6 Å². The van der Waals surface area contributed by atoms with Gasteiger partial charge in [-0.2, -0.15) is 0 Å². The number of Topliss-reactive ketones (excluding diaryl/α,β-unsaturated/α-hetero) is 2. The van der Waals surface area contributed by atoms with Crippen LogP contribution in [-0.2, 0) is 14.4 Å². The van der Waals surface area contributed by atoms with E-state index in [9.17, 15) is 9.59 Å². The van der Waals surface area contributed by atoms with Crippen LogP contribution in [0.25, 0.3) is 0 Å². The number of carboxylic acid groups (broad SMARTS) is 1. The summed E-state index contributed by atoms with van der Waals surface area (Å²) in [5.74, 6) is -0.412. The van der Waals surface area contributed by atoms with Crippen molar-refractivity contribution in [2.24, 2.45) is 0 Å². The fourth-order valence-electron chi connectivity index (χ4n) is 0. The van der Waals surface area contributed by atoms with Crippen molar-refractivity contribution in [3.05, 3.63) is 0 Å². The van der Waals surface area contributed by atoms with Crippen molar-refractivity contribution in [3.8, 4) is 0 Å². The minimum atomic E-state index is -0.833. The zero-order valence-corrected chi connectivity index (χ0v) is 8.88. The van der Waals surface area contributed by atoms with Gasteiger partial charge >= 0.3 is 0 Å². The van der Waals surface area contributed by atoms with Crippen molar-refractivity contribution in [2.45, 2.75) is 41.0 Å². The average molecular weight is 190 g/mol. The lowest BCUT2D eigenvalue weighted by atomic mass is 10.4. The lowest BCUT2D eigenvalue weighted by molar-refractivity contribution is -0.134. The van der Waals surface area contributed by atoms with Gasteiger partial charge in [-0.25, -0.2) is 0 Å². The van der Waals surface area contributed by atoms with E-state index in [0.29, 0.717) is 6.42 Å². The average Bonchev–Trinajstić information content (AvgIpc) is 1.84. The summed E-state index contributed by atoms with van der Waals surface area (Å²) in [7, 11) is 0. The molecule has 4 nitrogen and oxygen atoms in total. The summed E-state index contributed by atoms with van der Waals surface area (Å²) in [5.41, 5.74) is 0. The van der Waals surface area contributed by atoms with Crippen molar-refractivity contribution in [1.29, 1.82) is 0 Å². The van der Waals surface area contributed by atoms with E-state index in [0.717, 1.165) is 6.92 Å². The number of hydrogen-bond donors (Lipinski definition) is 1. The number of aliphatic carboxylic acids is 1. The van der Waals surface area contributed by atoms with Crippen LogP contribution in [0.3, 0.4) is 0 Å². The Kier molecular flexibility index (Phi) is 18.3. The summed E-state index contributed by atoms with van der Waals surface area (Å²) in [6, 6.07) is 0. The van der Waals surface area contributed by atoms with Crippen LogP contribution < -0.4 is 0 Å². The first-order valence-electron chi connectivity index (χ1n) is 3.90. The van der Waals surface area contributed by atoms with E-state index in [1.54, 1.807) is 6.92 Å². The van der Waals surface area contributed by atoms with E-state index in [4.69, 9.17) is 9.90 Å². The number of carbonyl (C=O) groups is 3. The molecule has 0 aliphatic carbocycles. The van der Waals surface area contributed by atoms with Crippen LogP contribution in [0.15, 0.2) is 0 Å². The van der Waals surface area contributed by atoms with Crippen molar-refractivity contribution >= 4 is 17.5 Å². The number of rotatable bonds is 1. The molecule has 0 saturated heterocycles. The van der Waals surface area contributed by atoms with Crippen LogP contribution in [0, 0.1) is 0 Å². The Morgan fingerprint density at radius 1 is 1.00 bits per heavy atom. The fraction of sp³-hybridized carbons (Fsp3) is 0.667. The topological polar surface area (TPSA) is 71.4 Å². The molecule has 0 fully saturated rings. The molecule has 0 unspecified atom stereocenters. The Hall–Kier alpha value is -1.19. The van der Waals surface area contributed by atoms with Gasteiger partial charge in [0, 0.05) is 13.3 Å². The van der Waals surface area contributed by atoms with Gasteiger partial charge in [0.1, 0.15) is 11.6 Å². The quantitative estimate of drug-likeness (QED) is 0.682. The highest BCUT2D eigenvalue weighted by atomic mass is 16.4. The third-order valence-corrected chi connectivity index (χ3v) is 0.498. The van der Waals surface area contributed by atoms with Gasteiger partial charge in [-0.3, -0.25) is 4.79 Å². The van der Waals surface area contributed by atoms with Crippen LogP contribution in [0.4, 0.5) is 0 Å². The van der Waals surface area contributed by atoms with Gasteiger partial charge in [0.25, 0.3) is 5.97 Å². The number of hydrogen-bond acceptors (Lipinski definition) is 3. The lowest BCUT2D eigenvalue weighted by Gasteiger charge is -1.71. The molecule has 0 heterocycles. The molecular formula is C9H18O4. The zero-order chi connectivity index (χ0) is 11.4. The second-order valence-electron chi connectivity index (χ2n) is 2.48. The Morgan fingerprint density at radius 3 is 1.08 bits per heavy atom. The molecule has 13 heavy (non-hydrogen) atoms. The molecule has 0 aliphatic rings. The highest BCUT2D eigenvalue weighted by Crippen LogP contribution is 1.71. The summed E-state index contributed by atoms with van der Waals surface area (Å²) in [6.45, 7) is 7.57. The van der Waals surface area contributed by atoms with Crippen LogP contribution in [0.1, 0.15) is 41.0 Å². The maximum Gasteiger partial charge on any atom is 0.300 e. The van der Waals surface area contributed by atoms with Gasteiger partial charge in [0.2, 0.25) is 0 Å². The second kappa shape index (κ2) is 13.4. The van der Waals surface area contributed by atoms with E-state index < -0.39 is 5.97 Å². The van der Waals surface area contributed by atoms with E-state index in [1.807, 2.05) is 6.92 Å². The summed E-state index contributed by atoms with van der Waals surface area (Å²) < 4.78 is 0. The molecule has 0 aromatic heterocycles. The van der Waals surface area contributed by atoms with E-state index in [2.05, 4.69) is 0 Å². The molecule has 0 atom stereocenters. The van der Waals surface area contributed by atoms with Crippen molar-refractivity contribution in [3.63, 3.8) is 0 Å². The Balaban J connectivity index is -0.000000117. The van der Waals surface area contributed by atoms with Crippen LogP contribution in [0.2, 0.25) is 0 Å². The lowest BCUT2D eigenvalue weighted by Crippen LogP contribution is -1.80. The van der Waals surface area contributed by atoms with E-state index in [1.165, 1.54) is 13.8 Å². The number of carbonyl (C=O) groups excluding carboxylic acids is 2. The molecule has 0 spiro atoms. The number of carboxylic acids is 1. The molecule has 0 radical (unpaired) electrons. The fourth-order valence-corrected chi connectivity index (χ4v) is 0. The molecule has 0 saturated carbocycles. The SMILES string of the molecule is CC(=O)O.CC(C)=O.CCC(C)=O. The molecule has 0 aliphatic heterocycles. The molecule has 1 N–H and O–H groups in total. The largest absolute Gasteiger partial charge is 0.481 e. The van der Waals surface area contributed by atoms with Gasteiger partial charge in [0.05, 0.1) is 0 Å². The highest BCUT2D eigenvalue weighted by molar-refractivity contribution is 5.74. The van der Waals surface area contributed by atoms with Gasteiger partial charge in [-0.05, 0) is 20.8 Å². The molecule has 78 valence electrons. The van der Waals surface area contributed by atoms with E-state index >= 15 is 0 Å². The molecular weight excluding hydrogens is 172 g/mol. The first-order chi connectivity index (χ1) is 5.73. The maximum atomic E-state index is 9.81. The zero-order valence-electron chi connectivity index (χ0n) is 8.88. The molecule has 0 aromatic rings. The van der Waals surface area contributed by atoms with Crippen LogP contribution >= 0.6 is 0 Å². The predicted octanol–water partition coefficient (Wildman–Crippen LogP) is 1.67.